The van der Waals surface area contributed by atoms with Crippen molar-refractivity contribution in [3.8, 4) is 28.7 Å². The first-order chi connectivity index (χ1) is 23.8. The summed E-state index contributed by atoms with van der Waals surface area (Å²) in [6, 6.07) is 16.2. The number of phenolic OH excluding ortho intramolecular Hbond substituents is 1. The molecule has 1 spiro atoms. The molecule has 2 bridgehead atoms. The largest absolute Gasteiger partial charge is 0.504 e. The van der Waals surface area contributed by atoms with Gasteiger partial charge in [0.2, 0.25) is 6.79 Å². The summed E-state index contributed by atoms with van der Waals surface area (Å²) in [7, 11) is 0. The summed E-state index contributed by atoms with van der Waals surface area (Å²) in [5.41, 5.74) is 1.63. The number of aliphatic hydroxyl groups is 1. The maximum absolute atomic E-state index is 13.2. The molecule has 0 radical (unpaired) electrons. The molecule has 4 aliphatic heterocycles. The number of likely N-dealkylation sites (tertiary alicyclic amines) is 1. The zero-order chi connectivity index (χ0) is 33.3. The van der Waals surface area contributed by atoms with Crippen molar-refractivity contribution in [3.05, 3.63) is 77.1 Å². The topological polar surface area (TPSA) is 110 Å². The van der Waals surface area contributed by atoms with E-state index in [1.165, 1.54) is 30.5 Å². The number of benzene rings is 3. The van der Waals surface area contributed by atoms with Crippen molar-refractivity contribution in [2.24, 2.45) is 11.8 Å². The highest BCUT2D eigenvalue weighted by Crippen LogP contribution is 2.65. The van der Waals surface area contributed by atoms with Crippen LogP contribution in [0.25, 0.3) is 0 Å². The van der Waals surface area contributed by atoms with Gasteiger partial charge >= 0.3 is 0 Å². The predicted molar refractivity (Wildman–Crippen MR) is 178 cm³/mol. The number of hydrogen-bond acceptors (Lipinski definition) is 9. The Bertz CT molecular complexity index is 1760. The standard InChI is InChI=1S/C20H23NO4.C19H20FNO3/c22-13-4-3-12-9-15-20(24)6-5-14(23)18-19(20,16(12)17(13)25-18)7-8-21(15)10-11-1-2-11;20-15-3-1-13(2-4-15)17-7-8-21-10-14(17)11-22-16-5-6-18-19(9-16)24-12-23-18/h3-4,11,15,18,22,24H,1-2,5-10H2;1-6,9,14,17,21H,7-8,10-12H2/t15-,18+,19+,20-;14-,17-/m10/s1. The normalized spacial score (nSPS) is 32.1. The number of ketones is 1. The molecule has 0 amide bonds. The molecule has 4 heterocycles. The Morgan fingerprint density at radius 3 is 2.69 bits per heavy atom. The van der Waals surface area contributed by atoms with E-state index in [0.717, 1.165) is 79.7 Å². The molecule has 4 fully saturated rings. The van der Waals surface area contributed by atoms with Crippen LogP contribution in [0.15, 0.2) is 54.6 Å². The number of piperidine rings is 2. The number of rotatable bonds is 6. The van der Waals surface area contributed by atoms with E-state index in [1.54, 1.807) is 6.07 Å². The van der Waals surface area contributed by atoms with Gasteiger partial charge in [-0.25, -0.2) is 4.39 Å². The molecule has 7 aliphatic rings. The van der Waals surface area contributed by atoms with Gasteiger partial charge in [0.25, 0.3) is 0 Å². The lowest BCUT2D eigenvalue weighted by Gasteiger charge is -2.62. The number of nitrogens with zero attached hydrogens (tertiary/aromatic N) is 1. The second-order valence-electron chi connectivity index (χ2n) is 15.0. The smallest absolute Gasteiger partial charge is 0.231 e. The molecule has 0 unspecified atom stereocenters. The van der Waals surface area contributed by atoms with Crippen LogP contribution in [0.3, 0.4) is 0 Å². The van der Waals surface area contributed by atoms with Gasteiger partial charge in [0.15, 0.2) is 34.9 Å². The maximum Gasteiger partial charge on any atom is 0.231 e. The van der Waals surface area contributed by atoms with Crippen molar-refractivity contribution < 1.29 is 38.3 Å². The summed E-state index contributed by atoms with van der Waals surface area (Å²) in [5.74, 6) is 4.17. The van der Waals surface area contributed by atoms with E-state index in [0.29, 0.717) is 37.0 Å². The molecule has 3 N–H and O–H groups in total. The van der Waals surface area contributed by atoms with Gasteiger partial charge in [0, 0.05) is 43.1 Å². The maximum atomic E-state index is 13.2. The van der Waals surface area contributed by atoms with E-state index in [9.17, 15) is 19.4 Å². The van der Waals surface area contributed by atoms with E-state index in [1.807, 2.05) is 36.4 Å². The third-order valence-electron chi connectivity index (χ3n) is 12.3. The van der Waals surface area contributed by atoms with Crippen molar-refractivity contribution in [2.75, 3.05) is 39.6 Å². The van der Waals surface area contributed by atoms with Crippen LogP contribution in [0.5, 0.6) is 28.7 Å². The Morgan fingerprint density at radius 2 is 1.86 bits per heavy atom. The van der Waals surface area contributed by atoms with Crippen LogP contribution in [0.1, 0.15) is 61.1 Å². The number of phenols is 1. The minimum absolute atomic E-state index is 0.0454. The first kappa shape index (κ1) is 31.1. The molecule has 3 aromatic carbocycles. The zero-order valence-electron chi connectivity index (χ0n) is 27.5. The Kier molecular flexibility index (Phi) is 7.55. The van der Waals surface area contributed by atoms with Gasteiger partial charge in [-0.15, -0.1) is 0 Å². The summed E-state index contributed by atoms with van der Waals surface area (Å²) in [5, 5.41) is 25.7. The van der Waals surface area contributed by atoms with Gasteiger partial charge in [0.1, 0.15) is 11.6 Å². The summed E-state index contributed by atoms with van der Waals surface area (Å²) >= 11 is 0. The van der Waals surface area contributed by atoms with E-state index in [-0.39, 0.29) is 30.2 Å². The lowest BCUT2D eigenvalue weighted by Crippen LogP contribution is -2.76. The minimum Gasteiger partial charge on any atom is -0.504 e. The zero-order valence-corrected chi connectivity index (χ0v) is 27.5. The number of aromatic hydroxyl groups is 1. The summed E-state index contributed by atoms with van der Waals surface area (Å²) in [4.78, 5) is 15.2. The van der Waals surface area contributed by atoms with Crippen molar-refractivity contribution in [3.63, 3.8) is 0 Å². The average Bonchev–Trinajstić information content (AvgIpc) is 3.67. The Balaban J connectivity index is 0.000000133. The number of halogens is 1. The van der Waals surface area contributed by atoms with E-state index < -0.39 is 17.1 Å². The summed E-state index contributed by atoms with van der Waals surface area (Å²) in [6.45, 7) is 4.69. The average molecular weight is 671 g/mol. The number of carbonyl (C=O) groups is 1. The molecular formula is C39H43FN2O7. The highest BCUT2D eigenvalue weighted by Gasteiger charge is 2.73. The highest BCUT2D eigenvalue weighted by molar-refractivity contribution is 5.90. The third-order valence-corrected chi connectivity index (χ3v) is 12.3. The number of Topliss-reactive ketones (excluding diaryl/α,β-unsaturated/α-hetero) is 1. The molecule has 3 aromatic rings. The SMILES string of the molecule is Fc1ccc([C@@H]2CCNC[C@H]2COc2ccc3c(c2)OCO3)cc1.O=C1CC[C@@]2(O)[C@H]3Cc4ccc(O)c5c4[C@@]2(CCN3CC2CC2)[C@H]1O5. The quantitative estimate of drug-likeness (QED) is 0.339. The number of ether oxygens (including phenoxy) is 4. The number of carbonyl (C=O) groups excluding carboxylic acids is 1. The van der Waals surface area contributed by atoms with Crippen molar-refractivity contribution in [2.45, 2.75) is 74.0 Å². The molecule has 2 saturated heterocycles. The number of hydrogen-bond donors (Lipinski definition) is 3. The number of fused-ring (bicyclic) bond motifs is 1. The Labute approximate surface area is 285 Å². The molecule has 258 valence electrons. The van der Waals surface area contributed by atoms with Gasteiger partial charge in [-0.1, -0.05) is 18.2 Å². The lowest BCUT2D eigenvalue weighted by molar-refractivity contribution is -0.188. The van der Waals surface area contributed by atoms with E-state index in [4.69, 9.17) is 18.9 Å². The van der Waals surface area contributed by atoms with Crippen molar-refractivity contribution in [1.82, 2.24) is 10.2 Å². The van der Waals surface area contributed by atoms with Crippen LogP contribution in [-0.4, -0.2) is 78.2 Å². The second kappa shape index (κ2) is 11.9. The van der Waals surface area contributed by atoms with Crippen molar-refractivity contribution >= 4 is 5.78 Å². The fourth-order valence-corrected chi connectivity index (χ4v) is 9.68. The molecule has 0 aromatic heterocycles. The first-order valence-electron chi connectivity index (χ1n) is 17.8. The Morgan fingerprint density at radius 1 is 1.02 bits per heavy atom. The van der Waals surface area contributed by atoms with Gasteiger partial charge in [-0.05, 0) is 105 Å². The van der Waals surface area contributed by atoms with Gasteiger partial charge in [0.05, 0.1) is 17.6 Å². The molecule has 3 aliphatic carbocycles. The van der Waals surface area contributed by atoms with Crippen LogP contribution in [0.2, 0.25) is 0 Å². The van der Waals surface area contributed by atoms with Gasteiger partial charge < -0.3 is 34.5 Å². The minimum atomic E-state index is -0.940. The molecule has 10 heteroatoms. The van der Waals surface area contributed by atoms with E-state index in [2.05, 4.69) is 10.2 Å². The second-order valence-corrected chi connectivity index (χ2v) is 15.0. The number of nitrogens with one attached hydrogen (secondary N) is 1. The summed E-state index contributed by atoms with van der Waals surface area (Å²) < 4.78 is 35.9. The van der Waals surface area contributed by atoms with Gasteiger partial charge in [-0.3, -0.25) is 9.69 Å². The third kappa shape index (κ3) is 5.09. The van der Waals surface area contributed by atoms with Crippen molar-refractivity contribution in [1.29, 1.82) is 0 Å². The molecule has 6 atom stereocenters. The fourth-order valence-electron chi connectivity index (χ4n) is 9.68. The van der Waals surface area contributed by atoms with Crippen LogP contribution < -0.4 is 24.3 Å². The van der Waals surface area contributed by atoms with Crippen LogP contribution in [0, 0.1) is 17.7 Å². The monoisotopic (exact) mass is 670 g/mol. The lowest BCUT2D eigenvalue weighted by atomic mass is 9.49. The van der Waals surface area contributed by atoms with E-state index >= 15 is 0 Å². The van der Waals surface area contributed by atoms with Gasteiger partial charge in [-0.2, -0.15) is 0 Å². The van der Waals surface area contributed by atoms with Crippen LogP contribution in [0.4, 0.5) is 4.39 Å². The molecular weight excluding hydrogens is 627 g/mol. The molecule has 10 rings (SSSR count). The molecule has 2 saturated carbocycles. The summed E-state index contributed by atoms with van der Waals surface area (Å²) in [6.07, 6.45) is 5.36. The first-order valence-corrected chi connectivity index (χ1v) is 17.8. The molecule has 9 nitrogen and oxygen atoms in total. The van der Waals surface area contributed by atoms with Crippen LogP contribution in [-0.2, 0) is 16.6 Å². The highest BCUT2D eigenvalue weighted by atomic mass is 19.1. The predicted octanol–water partition coefficient (Wildman–Crippen LogP) is 4.85. The molecule has 49 heavy (non-hydrogen) atoms. The van der Waals surface area contributed by atoms with Crippen LogP contribution >= 0.6 is 0 Å². The Hall–Kier alpha value is -3.86. The fraction of sp³-hybridized carbons (Fsp3) is 0.513.